The van der Waals surface area contributed by atoms with Gasteiger partial charge in [-0.15, -0.1) is 0 Å². The number of rotatable bonds is 6. The summed E-state index contributed by atoms with van der Waals surface area (Å²) in [6.45, 7) is 7.35. The van der Waals surface area contributed by atoms with Gasteiger partial charge in [0.05, 0.1) is 5.39 Å². The minimum atomic E-state index is -0.444. The summed E-state index contributed by atoms with van der Waals surface area (Å²) in [6.07, 6.45) is 1.72. The van der Waals surface area contributed by atoms with E-state index < -0.39 is 5.91 Å². The van der Waals surface area contributed by atoms with Crippen molar-refractivity contribution in [3.63, 3.8) is 0 Å². The number of nitrogens with one attached hydrogen (secondary N) is 3. The van der Waals surface area contributed by atoms with Crippen LogP contribution in [0, 0.1) is 5.92 Å². The second-order valence-corrected chi connectivity index (χ2v) is 6.85. The van der Waals surface area contributed by atoms with Crippen LogP contribution < -0.4 is 21.7 Å². The summed E-state index contributed by atoms with van der Waals surface area (Å²) < 4.78 is 1.37. The van der Waals surface area contributed by atoms with Crippen molar-refractivity contribution in [2.24, 2.45) is 5.92 Å². The van der Waals surface area contributed by atoms with Crippen LogP contribution in [0.3, 0.4) is 0 Å². The van der Waals surface area contributed by atoms with Gasteiger partial charge in [-0.05, 0) is 37.0 Å². The molecule has 0 aliphatic rings. The minimum Gasteiger partial charge on any atom is -0.361 e. The third kappa shape index (κ3) is 5.01. The largest absolute Gasteiger partial charge is 0.361 e. The third-order valence-electron chi connectivity index (χ3n) is 3.83. The Morgan fingerprint density at radius 2 is 1.92 bits per heavy atom. The summed E-state index contributed by atoms with van der Waals surface area (Å²) in [6, 6.07) is 6.99. The van der Waals surface area contributed by atoms with E-state index >= 15 is 0 Å². The zero-order valence-electron chi connectivity index (χ0n) is 15.3. The maximum Gasteiger partial charge on any atom is 0.290 e. The molecule has 0 saturated heterocycles. The Bertz CT molecular complexity index is 847. The van der Waals surface area contributed by atoms with Gasteiger partial charge in [-0.2, -0.15) is 5.10 Å². The summed E-state index contributed by atoms with van der Waals surface area (Å²) in [5.74, 6) is -0.0173. The molecule has 1 heterocycles. The van der Waals surface area contributed by atoms with Crippen LogP contribution >= 0.6 is 12.2 Å². The monoisotopic (exact) mass is 375 g/mol. The number of benzene rings is 1. The quantitative estimate of drug-likeness (QED) is 0.528. The molecule has 0 spiro atoms. The molecule has 0 fully saturated rings. The van der Waals surface area contributed by atoms with Crippen molar-refractivity contribution in [1.82, 2.24) is 25.9 Å². The molecule has 2 aromatic rings. The first-order valence-corrected chi connectivity index (χ1v) is 9.19. The molecule has 0 aliphatic heterocycles. The van der Waals surface area contributed by atoms with Crippen molar-refractivity contribution in [3.05, 3.63) is 40.3 Å². The second-order valence-electron chi connectivity index (χ2n) is 6.44. The van der Waals surface area contributed by atoms with Crippen LogP contribution in [0.25, 0.3) is 10.8 Å². The van der Waals surface area contributed by atoms with E-state index in [1.165, 1.54) is 4.68 Å². The van der Waals surface area contributed by atoms with Crippen LogP contribution in [-0.4, -0.2) is 27.3 Å². The lowest BCUT2D eigenvalue weighted by Crippen LogP contribution is -2.47. The Morgan fingerprint density at radius 1 is 1.23 bits per heavy atom. The number of amides is 1. The van der Waals surface area contributed by atoms with Crippen LogP contribution in [0.5, 0.6) is 0 Å². The van der Waals surface area contributed by atoms with Crippen molar-refractivity contribution in [3.8, 4) is 0 Å². The van der Waals surface area contributed by atoms with Gasteiger partial charge in [0.15, 0.2) is 10.8 Å². The van der Waals surface area contributed by atoms with Crippen LogP contribution in [0.15, 0.2) is 29.1 Å². The molecule has 0 saturated carbocycles. The maximum atomic E-state index is 12.6. The highest BCUT2D eigenvalue weighted by Crippen LogP contribution is 2.13. The van der Waals surface area contributed by atoms with E-state index in [9.17, 15) is 9.59 Å². The van der Waals surface area contributed by atoms with Gasteiger partial charge in [0.2, 0.25) is 0 Å². The molecule has 140 valence electrons. The van der Waals surface area contributed by atoms with E-state index in [0.29, 0.717) is 34.9 Å². The van der Waals surface area contributed by atoms with Gasteiger partial charge in [-0.3, -0.25) is 20.4 Å². The highest BCUT2D eigenvalue weighted by Gasteiger charge is 2.16. The van der Waals surface area contributed by atoms with Gasteiger partial charge < -0.3 is 5.32 Å². The first-order chi connectivity index (χ1) is 12.4. The molecule has 1 aromatic carbocycles. The summed E-state index contributed by atoms with van der Waals surface area (Å²) in [4.78, 5) is 25.2. The Balaban J connectivity index is 2.29. The summed E-state index contributed by atoms with van der Waals surface area (Å²) in [7, 11) is 0. The molecule has 2 rings (SSSR count). The van der Waals surface area contributed by atoms with Gasteiger partial charge in [0.1, 0.15) is 0 Å². The molecule has 26 heavy (non-hydrogen) atoms. The minimum absolute atomic E-state index is 0.189. The van der Waals surface area contributed by atoms with E-state index in [2.05, 4.69) is 35.1 Å². The number of hydrogen-bond acceptors (Lipinski definition) is 4. The number of nitrogens with zero attached hydrogens (tertiary/aromatic N) is 2. The molecule has 0 bridgehead atoms. The molecule has 0 atom stereocenters. The molecular weight excluding hydrogens is 350 g/mol. The number of hydrogen-bond donors (Lipinski definition) is 3. The van der Waals surface area contributed by atoms with E-state index in [-0.39, 0.29) is 11.3 Å². The van der Waals surface area contributed by atoms with Gasteiger partial charge >= 0.3 is 0 Å². The normalized spacial score (nSPS) is 10.8. The fraction of sp³-hybridized carbons (Fsp3) is 0.444. The second kappa shape index (κ2) is 9.28. The number of aromatic nitrogens is 2. The van der Waals surface area contributed by atoms with Gasteiger partial charge in [0.25, 0.3) is 11.5 Å². The number of thiocarbonyl (C=S) groups is 1. The maximum absolute atomic E-state index is 12.6. The first kappa shape index (κ1) is 19.8. The van der Waals surface area contributed by atoms with Gasteiger partial charge in [-0.1, -0.05) is 39.0 Å². The number of carbonyl (C=O) groups excluding carboxylic acids is 1. The molecule has 0 aliphatic carbocycles. The lowest BCUT2D eigenvalue weighted by Gasteiger charge is -2.13. The molecule has 7 nitrogen and oxygen atoms in total. The molecule has 1 aromatic heterocycles. The topological polar surface area (TPSA) is 88.0 Å². The molecule has 1 amide bonds. The Kier molecular flexibility index (Phi) is 7.08. The highest BCUT2D eigenvalue weighted by molar-refractivity contribution is 7.80. The molecule has 3 N–H and O–H groups in total. The SMILES string of the molecule is CCCNC(=S)NNC(=O)c1nn(CCC(C)C)c(=O)c2ccccc12. The lowest BCUT2D eigenvalue weighted by molar-refractivity contribution is 0.0938. The van der Waals surface area contributed by atoms with Crippen molar-refractivity contribution < 1.29 is 4.79 Å². The van der Waals surface area contributed by atoms with Gasteiger partial charge in [0, 0.05) is 18.5 Å². The predicted molar refractivity (Wildman–Crippen MR) is 107 cm³/mol. The van der Waals surface area contributed by atoms with Crippen LogP contribution in [0.4, 0.5) is 0 Å². The van der Waals surface area contributed by atoms with Crippen LogP contribution in [0.2, 0.25) is 0 Å². The smallest absolute Gasteiger partial charge is 0.290 e. The Hall–Kier alpha value is -2.48. The zero-order chi connectivity index (χ0) is 19.1. The standard InChI is InChI=1S/C18H25N5O2S/c1-4-10-19-18(26)21-20-16(24)15-13-7-5-6-8-14(13)17(25)23(22-15)11-9-12(2)3/h5-8,12H,4,9-11H2,1-3H3,(H,20,24)(H2,19,21,26). The number of fused-ring (bicyclic) bond motifs is 1. The van der Waals surface area contributed by atoms with E-state index in [4.69, 9.17) is 12.2 Å². The third-order valence-corrected chi connectivity index (χ3v) is 4.07. The number of aryl methyl sites for hydroxylation is 1. The van der Waals surface area contributed by atoms with Crippen molar-refractivity contribution >= 4 is 34.0 Å². The molecular formula is C18H25N5O2S. The Labute approximate surface area is 158 Å². The van der Waals surface area contributed by atoms with E-state index in [1.807, 2.05) is 6.92 Å². The van der Waals surface area contributed by atoms with Crippen molar-refractivity contribution in [1.29, 1.82) is 0 Å². The van der Waals surface area contributed by atoms with Crippen LogP contribution in [0.1, 0.15) is 44.1 Å². The average molecular weight is 375 g/mol. The molecule has 0 unspecified atom stereocenters. The van der Waals surface area contributed by atoms with Gasteiger partial charge in [-0.25, -0.2) is 4.68 Å². The summed E-state index contributed by atoms with van der Waals surface area (Å²) >= 11 is 5.09. The van der Waals surface area contributed by atoms with Crippen LogP contribution in [-0.2, 0) is 6.54 Å². The van der Waals surface area contributed by atoms with Crippen molar-refractivity contribution in [2.75, 3.05) is 6.54 Å². The zero-order valence-corrected chi connectivity index (χ0v) is 16.2. The number of carbonyl (C=O) groups is 1. The molecule has 8 heteroatoms. The highest BCUT2D eigenvalue weighted by atomic mass is 32.1. The lowest BCUT2D eigenvalue weighted by atomic mass is 10.1. The van der Waals surface area contributed by atoms with E-state index in [0.717, 1.165) is 12.8 Å². The molecule has 0 radical (unpaired) electrons. The number of hydrazine groups is 1. The summed E-state index contributed by atoms with van der Waals surface area (Å²) in [5.41, 5.74) is 5.20. The summed E-state index contributed by atoms with van der Waals surface area (Å²) in [5, 5.41) is 8.59. The first-order valence-electron chi connectivity index (χ1n) is 8.78. The fourth-order valence-corrected chi connectivity index (χ4v) is 2.54. The fourth-order valence-electron chi connectivity index (χ4n) is 2.39. The van der Waals surface area contributed by atoms with E-state index in [1.54, 1.807) is 24.3 Å². The Morgan fingerprint density at radius 3 is 2.58 bits per heavy atom. The average Bonchev–Trinajstić information content (AvgIpc) is 2.63. The predicted octanol–water partition coefficient (Wildman–Crippen LogP) is 1.96. The van der Waals surface area contributed by atoms with Crippen molar-refractivity contribution in [2.45, 2.75) is 40.2 Å².